The normalized spacial score (nSPS) is 14.3. The molecule has 2 aromatic rings. The fraction of sp³-hybridized carbons (Fsp3) is 0.400. The van der Waals surface area contributed by atoms with Crippen LogP contribution in [0.2, 0.25) is 0 Å². The minimum atomic E-state index is 0.301. The van der Waals surface area contributed by atoms with E-state index >= 15 is 0 Å². The van der Waals surface area contributed by atoms with Crippen LogP contribution in [-0.2, 0) is 6.42 Å². The van der Waals surface area contributed by atoms with Gasteiger partial charge in [-0.1, -0.05) is 28.1 Å². The molecule has 0 aliphatic heterocycles. The van der Waals surface area contributed by atoms with Crippen molar-refractivity contribution in [3.8, 4) is 0 Å². The Hall–Kier alpha value is -0.710. The van der Waals surface area contributed by atoms with Gasteiger partial charge in [0.2, 0.25) is 0 Å². The minimum Gasteiger partial charge on any atom is -0.306 e. The molecule has 19 heavy (non-hydrogen) atoms. The first-order chi connectivity index (χ1) is 9.04. The largest absolute Gasteiger partial charge is 0.306 e. The van der Waals surface area contributed by atoms with Crippen molar-refractivity contribution in [2.24, 2.45) is 0 Å². The fourth-order valence-electron chi connectivity index (χ4n) is 2.12. The van der Waals surface area contributed by atoms with Crippen molar-refractivity contribution in [2.45, 2.75) is 39.3 Å². The third kappa shape index (κ3) is 4.41. The second-order valence-electron chi connectivity index (χ2n) is 4.91. The van der Waals surface area contributed by atoms with Crippen LogP contribution in [0.4, 0.5) is 0 Å². The smallest absolute Gasteiger partial charge is 0.0898 e. The zero-order valence-corrected chi connectivity index (χ0v) is 13.9. The van der Waals surface area contributed by atoms with E-state index in [0.29, 0.717) is 12.1 Å². The van der Waals surface area contributed by atoms with Gasteiger partial charge in [-0.2, -0.15) is 0 Å². The molecule has 2 atom stereocenters. The van der Waals surface area contributed by atoms with Crippen molar-refractivity contribution < 1.29 is 0 Å². The standard InChI is InChI=1S/C15H19BrN2S/c1-10(8-13-4-6-14(16)7-5-13)17-11(2)15-9-19-12(3)18-15/h4-7,9-11,17H,8H2,1-3H3. The number of nitrogens with zero attached hydrogens (tertiary/aromatic N) is 1. The Kier molecular flexibility index (Phi) is 5.13. The van der Waals surface area contributed by atoms with E-state index in [4.69, 9.17) is 0 Å². The molecule has 1 aromatic heterocycles. The van der Waals surface area contributed by atoms with Crippen molar-refractivity contribution in [1.82, 2.24) is 10.3 Å². The van der Waals surface area contributed by atoms with Crippen LogP contribution in [0.15, 0.2) is 34.1 Å². The van der Waals surface area contributed by atoms with Gasteiger partial charge in [-0.15, -0.1) is 11.3 Å². The maximum Gasteiger partial charge on any atom is 0.0898 e. The molecule has 0 radical (unpaired) electrons. The second-order valence-corrected chi connectivity index (χ2v) is 6.89. The van der Waals surface area contributed by atoms with E-state index < -0.39 is 0 Å². The summed E-state index contributed by atoms with van der Waals surface area (Å²) < 4.78 is 1.13. The molecule has 2 nitrogen and oxygen atoms in total. The lowest BCUT2D eigenvalue weighted by atomic mass is 10.1. The van der Waals surface area contributed by atoms with Gasteiger partial charge in [-0.25, -0.2) is 4.98 Å². The summed E-state index contributed by atoms with van der Waals surface area (Å²) >= 11 is 5.17. The number of nitrogens with one attached hydrogen (secondary N) is 1. The average Bonchev–Trinajstić information content (AvgIpc) is 2.79. The zero-order valence-electron chi connectivity index (χ0n) is 11.5. The topological polar surface area (TPSA) is 24.9 Å². The zero-order chi connectivity index (χ0) is 13.8. The Bertz CT molecular complexity index is 521. The van der Waals surface area contributed by atoms with Gasteiger partial charge in [0.15, 0.2) is 0 Å². The summed E-state index contributed by atoms with van der Waals surface area (Å²) in [5, 5.41) is 6.87. The van der Waals surface area contributed by atoms with E-state index in [-0.39, 0.29) is 0 Å². The SMILES string of the molecule is Cc1nc(C(C)NC(C)Cc2ccc(Br)cc2)cs1. The quantitative estimate of drug-likeness (QED) is 0.868. The molecular weight excluding hydrogens is 320 g/mol. The molecular formula is C15H19BrN2S. The molecule has 1 N–H and O–H groups in total. The lowest BCUT2D eigenvalue weighted by Crippen LogP contribution is -2.30. The van der Waals surface area contributed by atoms with E-state index in [9.17, 15) is 0 Å². The first-order valence-electron chi connectivity index (χ1n) is 6.47. The van der Waals surface area contributed by atoms with Crippen LogP contribution in [0.25, 0.3) is 0 Å². The van der Waals surface area contributed by atoms with E-state index in [1.165, 1.54) is 5.56 Å². The molecule has 0 aliphatic rings. The number of aryl methyl sites for hydroxylation is 1. The van der Waals surface area contributed by atoms with Crippen LogP contribution in [0.3, 0.4) is 0 Å². The van der Waals surface area contributed by atoms with E-state index in [1.807, 2.05) is 6.92 Å². The number of thiazole rings is 1. The summed E-state index contributed by atoms with van der Waals surface area (Å²) in [4.78, 5) is 4.53. The number of halogens is 1. The highest BCUT2D eigenvalue weighted by molar-refractivity contribution is 9.10. The number of hydrogen-bond donors (Lipinski definition) is 1. The Morgan fingerprint density at radius 3 is 2.53 bits per heavy atom. The third-order valence-corrected chi connectivity index (χ3v) is 4.39. The third-order valence-electron chi connectivity index (χ3n) is 3.07. The van der Waals surface area contributed by atoms with Gasteiger partial charge in [0.05, 0.1) is 10.7 Å². The van der Waals surface area contributed by atoms with Crippen molar-refractivity contribution >= 4 is 27.3 Å². The summed E-state index contributed by atoms with van der Waals surface area (Å²) in [6, 6.07) is 9.25. The molecule has 0 bridgehead atoms. The van der Waals surface area contributed by atoms with E-state index in [0.717, 1.165) is 21.6 Å². The number of benzene rings is 1. The van der Waals surface area contributed by atoms with Crippen molar-refractivity contribution in [3.63, 3.8) is 0 Å². The van der Waals surface area contributed by atoms with Crippen LogP contribution in [0.1, 0.15) is 36.2 Å². The molecule has 0 amide bonds. The number of rotatable bonds is 5. The van der Waals surface area contributed by atoms with Gasteiger partial charge in [0, 0.05) is 21.9 Å². The summed E-state index contributed by atoms with van der Waals surface area (Å²) in [5.74, 6) is 0. The van der Waals surface area contributed by atoms with Crippen LogP contribution in [0, 0.1) is 6.92 Å². The predicted octanol–water partition coefficient (Wildman–Crippen LogP) is 4.50. The lowest BCUT2D eigenvalue weighted by molar-refractivity contribution is 0.471. The van der Waals surface area contributed by atoms with Gasteiger partial charge in [0.1, 0.15) is 0 Å². The molecule has 0 fully saturated rings. The highest BCUT2D eigenvalue weighted by atomic mass is 79.9. The van der Waals surface area contributed by atoms with E-state index in [2.05, 4.69) is 69.7 Å². The van der Waals surface area contributed by atoms with Gasteiger partial charge >= 0.3 is 0 Å². The second kappa shape index (κ2) is 6.64. The molecule has 0 saturated heterocycles. The fourth-order valence-corrected chi connectivity index (χ4v) is 3.09. The molecule has 1 heterocycles. The Morgan fingerprint density at radius 2 is 1.95 bits per heavy atom. The highest BCUT2D eigenvalue weighted by Gasteiger charge is 2.12. The molecule has 0 aliphatic carbocycles. The summed E-state index contributed by atoms with van der Waals surface area (Å²) in [6.07, 6.45) is 1.03. The average molecular weight is 339 g/mol. The Morgan fingerprint density at radius 1 is 1.26 bits per heavy atom. The molecule has 102 valence electrons. The maximum atomic E-state index is 4.53. The molecule has 0 spiro atoms. The molecule has 1 aromatic carbocycles. The molecule has 2 unspecified atom stereocenters. The number of hydrogen-bond acceptors (Lipinski definition) is 3. The number of aromatic nitrogens is 1. The Balaban J connectivity index is 1.90. The van der Waals surface area contributed by atoms with Crippen molar-refractivity contribution in [2.75, 3.05) is 0 Å². The maximum absolute atomic E-state index is 4.53. The Labute approximate surface area is 127 Å². The molecule has 2 rings (SSSR count). The van der Waals surface area contributed by atoms with Crippen LogP contribution >= 0.6 is 27.3 Å². The van der Waals surface area contributed by atoms with Crippen molar-refractivity contribution in [1.29, 1.82) is 0 Å². The summed E-state index contributed by atoms with van der Waals surface area (Å²) in [6.45, 7) is 6.44. The summed E-state index contributed by atoms with van der Waals surface area (Å²) in [5.41, 5.74) is 2.50. The summed E-state index contributed by atoms with van der Waals surface area (Å²) in [7, 11) is 0. The highest BCUT2D eigenvalue weighted by Crippen LogP contribution is 2.17. The predicted molar refractivity (Wildman–Crippen MR) is 85.7 cm³/mol. The van der Waals surface area contributed by atoms with Gasteiger partial charge < -0.3 is 5.32 Å². The first kappa shape index (κ1) is 14.7. The van der Waals surface area contributed by atoms with Crippen LogP contribution in [-0.4, -0.2) is 11.0 Å². The molecule has 0 saturated carbocycles. The van der Waals surface area contributed by atoms with Gasteiger partial charge in [-0.3, -0.25) is 0 Å². The van der Waals surface area contributed by atoms with Crippen molar-refractivity contribution in [3.05, 3.63) is 50.4 Å². The van der Waals surface area contributed by atoms with E-state index in [1.54, 1.807) is 11.3 Å². The van der Waals surface area contributed by atoms with Gasteiger partial charge in [0.25, 0.3) is 0 Å². The minimum absolute atomic E-state index is 0.301. The molecule has 4 heteroatoms. The lowest BCUT2D eigenvalue weighted by Gasteiger charge is -2.18. The van der Waals surface area contributed by atoms with Gasteiger partial charge in [-0.05, 0) is 44.9 Å². The van der Waals surface area contributed by atoms with Crippen LogP contribution < -0.4 is 5.32 Å². The van der Waals surface area contributed by atoms with Crippen LogP contribution in [0.5, 0.6) is 0 Å². The monoisotopic (exact) mass is 338 g/mol. The first-order valence-corrected chi connectivity index (χ1v) is 8.14.